The molecule has 0 atom stereocenters. The number of halogens is 1. The zero-order valence-electron chi connectivity index (χ0n) is 20.6. The van der Waals surface area contributed by atoms with Gasteiger partial charge in [0.1, 0.15) is 13.2 Å². The molecule has 0 unspecified atom stereocenters. The Morgan fingerprint density at radius 3 is 2.53 bits per heavy atom. The monoisotopic (exact) mass is 548 g/mol. The zero-order valence-corrected chi connectivity index (χ0v) is 22.2. The van der Waals surface area contributed by atoms with Gasteiger partial charge in [0.2, 0.25) is 5.91 Å². The number of nitrogens with one attached hydrogen (secondary N) is 1. The number of rotatable bonds is 10. The summed E-state index contributed by atoms with van der Waals surface area (Å²) in [4.78, 5) is 39.1. The predicted molar refractivity (Wildman–Crippen MR) is 150 cm³/mol. The third kappa shape index (κ3) is 6.65. The number of benzene rings is 3. The van der Waals surface area contributed by atoms with Gasteiger partial charge in [0, 0.05) is 16.3 Å². The molecule has 1 heterocycles. The maximum atomic E-state index is 13.0. The summed E-state index contributed by atoms with van der Waals surface area (Å²) in [5.41, 5.74) is 3.00. The van der Waals surface area contributed by atoms with Gasteiger partial charge in [-0.25, -0.2) is 0 Å². The first-order valence-electron chi connectivity index (χ1n) is 11.7. The molecule has 1 aliphatic rings. The predicted octanol–water partition coefficient (Wildman–Crippen LogP) is 6.33. The van der Waals surface area contributed by atoms with Crippen molar-refractivity contribution in [1.82, 2.24) is 4.90 Å². The van der Waals surface area contributed by atoms with Crippen molar-refractivity contribution in [2.45, 2.75) is 13.0 Å². The third-order valence-electron chi connectivity index (χ3n) is 5.57. The quantitative estimate of drug-likeness (QED) is 0.235. The highest BCUT2D eigenvalue weighted by Crippen LogP contribution is 2.37. The van der Waals surface area contributed by atoms with Crippen molar-refractivity contribution in [1.29, 1.82) is 0 Å². The lowest BCUT2D eigenvalue weighted by atomic mass is 10.0. The normalized spacial score (nSPS) is 14.1. The van der Waals surface area contributed by atoms with Crippen LogP contribution in [-0.4, -0.2) is 35.6 Å². The van der Waals surface area contributed by atoms with Crippen molar-refractivity contribution in [2.75, 3.05) is 19.0 Å². The van der Waals surface area contributed by atoms with Crippen LogP contribution in [0.15, 0.2) is 84.3 Å². The fourth-order valence-electron chi connectivity index (χ4n) is 3.78. The van der Waals surface area contributed by atoms with Crippen molar-refractivity contribution < 1.29 is 23.9 Å². The first kappa shape index (κ1) is 27.0. The number of amides is 3. The first-order chi connectivity index (χ1) is 18.4. The van der Waals surface area contributed by atoms with Crippen LogP contribution in [-0.2, 0) is 22.6 Å². The SMILES string of the molecule is C=CCc1cc(/C=C2\SC(=O)N(CC(=O)Nc3ccc(Cl)cc3)C2=O)cc(OC)c1OCc1ccccc1. The van der Waals surface area contributed by atoms with E-state index in [1.54, 1.807) is 49.6 Å². The molecule has 3 aromatic carbocycles. The summed E-state index contributed by atoms with van der Waals surface area (Å²) in [5, 5.41) is 2.67. The standard InChI is InChI=1S/C29H25ClN2O5S/c1-3-7-21-14-20(15-24(36-2)27(21)37-18-19-8-5-4-6-9-19)16-25-28(34)32(29(35)38-25)17-26(33)31-23-12-10-22(30)11-13-23/h3-6,8-16H,1,7,17-18H2,2H3,(H,31,33)/b25-16-. The van der Waals surface area contributed by atoms with E-state index in [2.05, 4.69) is 11.9 Å². The molecule has 0 spiro atoms. The fourth-order valence-corrected chi connectivity index (χ4v) is 4.75. The average molecular weight is 549 g/mol. The summed E-state index contributed by atoms with van der Waals surface area (Å²) in [7, 11) is 1.54. The number of thioether (sulfide) groups is 1. The molecule has 1 saturated heterocycles. The Labute approximate surface area is 230 Å². The summed E-state index contributed by atoms with van der Waals surface area (Å²) < 4.78 is 11.7. The number of allylic oxidation sites excluding steroid dienone is 1. The van der Waals surface area contributed by atoms with E-state index in [9.17, 15) is 14.4 Å². The van der Waals surface area contributed by atoms with Gasteiger partial charge in [-0.05, 0) is 71.8 Å². The van der Waals surface area contributed by atoms with Crippen LogP contribution in [0.2, 0.25) is 5.02 Å². The molecular formula is C29H25ClN2O5S. The number of carbonyl (C=O) groups is 3. The number of hydrogen-bond donors (Lipinski definition) is 1. The number of imide groups is 1. The molecule has 38 heavy (non-hydrogen) atoms. The van der Waals surface area contributed by atoms with E-state index in [0.717, 1.165) is 27.8 Å². The van der Waals surface area contributed by atoms with Gasteiger partial charge < -0.3 is 14.8 Å². The smallest absolute Gasteiger partial charge is 0.294 e. The Balaban J connectivity index is 1.52. The van der Waals surface area contributed by atoms with Gasteiger partial charge in [-0.3, -0.25) is 19.3 Å². The molecule has 0 bridgehead atoms. The number of methoxy groups -OCH3 is 1. The molecular weight excluding hydrogens is 524 g/mol. The van der Waals surface area contributed by atoms with Crippen LogP contribution < -0.4 is 14.8 Å². The molecule has 0 aliphatic carbocycles. The number of ether oxygens (including phenoxy) is 2. The number of carbonyl (C=O) groups excluding carboxylic acids is 3. The van der Waals surface area contributed by atoms with Crippen LogP contribution in [0.25, 0.3) is 6.08 Å². The number of anilines is 1. The molecule has 1 fully saturated rings. The molecule has 1 aliphatic heterocycles. The van der Waals surface area contributed by atoms with Gasteiger partial charge in [0.15, 0.2) is 11.5 Å². The van der Waals surface area contributed by atoms with Crippen molar-refractivity contribution >= 4 is 52.2 Å². The molecule has 3 amide bonds. The van der Waals surface area contributed by atoms with E-state index >= 15 is 0 Å². The van der Waals surface area contributed by atoms with Gasteiger partial charge in [-0.2, -0.15) is 0 Å². The van der Waals surface area contributed by atoms with Crippen LogP contribution >= 0.6 is 23.4 Å². The van der Waals surface area contributed by atoms with Crippen LogP contribution in [0.1, 0.15) is 16.7 Å². The molecule has 9 heteroatoms. The lowest BCUT2D eigenvalue weighted by molar-refractivity contribution is -0.127. The first-order valence-corrected chi connectivity index (χ1v) is 12.9. The van der Waals surface area contributed by atoms with Gasteiger partial charge in [0.05, 0.1) is 12.0 Å². The zero-order chi connectivity index (χ0) is 27.1. The van der Waals surface area contributed by atoms with Crippen LogP contribution in [0.5, 0.6) is 11.5 Å². The van der Waals surface area contributed by atoms with Gasteiger partial charge in [-0.15, -0.1) is 6.58 Å². The highest BCUT2D eigenvalue weighted by atomic mass is 35.5. The van der Waals surface area contributed by atoms with E-state index < -0.39 is 23.6 Å². The van der Waals surface area contributed by atoms with E-state index in [1.807, 2.05) is 36.4 Å². The van der Waals surface area contributed by atoms with E-state index in [0.29, 0.717) is 40.8 Å². The minimum atomic E-state index is -0.542. The molecule has 4 rings (SSSR count). The number of hydrogen-bond acceptors (Lipinski definition) is 6. The maximum Gasteiger partial charge on any atom is 0.294 e. The Bertz CT molecular complexity index is 1390. The van der Waals surface area contributed by atoms with Gasteiger partial charge in [-0.1, -0.05) is 48.0 Å². The lowest BCUT2D eigenvalue weighted by Gasteiger charge is -2.16. The molecule has 0 saturated carbocycles. The van der Waals surface area contributed by atoms with Crippen LogP contribution in [0.3, 0.4) is 0 Å². The Morgan fingerprint density at radius 1 is 1.11 bits per heavy atom. The molecule has 194 valence electrons. The molecule has 1 N–H and O–H groups in total. The lowest BCUT2D eigenvalue weighted by Crippen LogP contribution is -2.36. The summed E-state index contributed by atoms with van der Waals surface area (Å²) in [5.74, 6) is 0.0408. The van der Waals surface area contributed by atoms with Crippen LogP contribution in [0.4, 0.5) is 10.5 Å². The van der Waals surface area contributed by atoms with Crippen molar-refractivity contribution in [2.24, 2.45) is 0 Å². The molecule has 0 aromatic heterocycles. The second-order valence-electron chi connectivity index (χ2n) is 8.30. The summed E-state index contributed by atoms with van der Waals surface area (Å²) >= 11 is 6.64. The summed E-state index contributed by atoms with van der Waals surface area (Å²) in [6.07, 6.45) is 3.87. The minimum Gasteiger partial charge on any atom is -0.493 e. The maximum absolute atomic E-state index is 13.0. The molecule has 7 nitrogen and oxygen atoms in total. The second-order valence-corrected chi connectivity index (χ2v) is 9.73. The minimum absolute atomic E-state index is 0.207. The Morgan fingerprint density at radius 2 is 1.84 bits per heavy atom. The highest BCUT2D eigenvalue weighted by Gasteiger charge is 2.36. The Kier molecular flexibility index (Phi) is 8.89. The van der Waals surface area contributed by atoms with E-state index in [1.165, 1.54) is 0 Å². The fraction of sp³-hybridized carbons (Fsp3) is 0.138. The second kappa shape index (κ2) is 12.5. The van der Waals surface area contributed by atoms with Gasteiger partial charge >= 0.3 is 0 Å². The third-order valence-corrected chi connectivity index (χ3v) is 6.72. The highest BCUT2D eigenvalue weighted by molar-refractivity contribution is 8.18. The molecule has 3 aromatic rings. The average Bonchev–Trinajstić information content (AvgIpc) is 3.17. The van der Waals surface area contributed by atoms with Crippen molar-refractivity contribution in [3.05, 3.63) is 106 Å². The number of nitrogens with zero attached hydrogens (tertiary/aromatic N) is 1. The van der Waals surface area contributed by atoms with E-state index in [4.69, 9.17) is 21.1 Å². The van der Waals surface area contributed by atoms with Crippen molar-refractivity contribution in [3.63, 3.8) is 0 Å². The summed E-state index contributed by atoms with van der Waals surface area (Å²) in [6.45, 7) is 3.79. The van der Waals surface area contributed by atoms with Gasteiger partial charge in [0.25, 0.3) is 11.1 Å². The van der Waals surface area contributed by atoms with Crippen LogP contribution in [0, 0.1) is 0 Å². The topological polar surface area (TPSA) is 84.9 Å². The largest absolute Gasteiger partial charge is 0.493 e. The van der Waals surface area contributed by atoms with E-state index in [-0.39, 0.29) is 4.91 Å². The van der Waals surface area contributed by atoms with Crippen molar-refractivity contribution in [3.8, 4) is 11.5 Å². The molecule has 0 radical (unpaired) electrons. The summed E-state index contributed by atoms with van der Waals surface area (Å²) in [6, 6.07) is 19.9. The Hall–Kier alpha value is -4.01.